The third-order valence-electron chi connectivity index (χ3n) is 3.96. The Morgan fingerprint density at radius 2 is 1.77 bits per heavy atom. The van der Waals surface area contributed by atoms with Crippen molar-refractivity contribution in [1.82, 2.24) is 0 Å². The summed E-state index contributed by atoms with van der Waals surface area (Å²) >= 11 is 12.5. The molecular weight excluding hydrogens is 382 g/mol. The maximum Gasteiger partial charge on any atom is 0.344 e. The van der Waals surface area contributed by atoms with Gasteiger partial charge in [0.25, 0.3) is 0 Å². The average molecular weight is 401 g/mol. The molecule has 0 saturated carbocycles. The number of phenolic OH excluding ortho intramolecular Hbond substituents is 1. The number of halogens is 3. The van der Waals surface area contributed by atoms with Crippen molar-refractivity contribution >= 4 is 29.2 Å². The number of carboxylic acids is 1. The fourth-order valence-corrected chi connectivity index (χ4v) is 3.18. The third-order valence-corrected chi connectivity index (χ3v) is 4.63. The highest BCUT2D eigenvalue weighted by Crippen LogP contribution is 2.35. The van der Waals surface area contributed by atoms with E-state index in [0.717, 1.165) is 0 Å². The molecule has 0 aliphatic carbocycles. The number of hydrogen-bond donors (Lipinski definition) is 2. The molecule has 7 heteroatoms. The van der Waals surface area contributed by atoms with E-state index < -0.39 is 17.9 Å². The molecule has 26 heavy (non-hydrogen) atoms. The number of phenols is 1. The largest absolute Gasteiger partial charge is 0.508 e. The first-order valence-electron chi connectivity index (χ1n) is 7.99. The Morgan fingerprint density at radius 1 is 1.19 bits per heavy atom. The number of hydrogen-bond acceptors (Lipinski definition) is 3. The summed E-state index contributed by atoms with van der Waals surface area (Å²) < 4.78 is 20.0. The van der Waals surface area contributed by atoms with Gasteiger partial charge in [0, 0.05) is 22.0 Å². The maximum absolute atomic E-state index is 14.7. The van der Waals surface area contributed by atoms with Crippen LogP contribution in [0.25, 0.3) is 0 Å². The zero-order chi connectivity index (χ0) is 19.6. The topological polar surface area (TPSA) is 66.8 Å². The molecule has 0 aliphatic heterocycles. The number of ether oxygens (including phenoxy) is 1. The van der Waals surface area contributed by atoms with Gasteiger partial charge >= 0.3 is 5.97 Å². The minimum atomic E-state index is -1.12. The Morgan fingerprint density at radius 3 is 2.27 bits per heavy atom. The van der Waals surface area contributed by atoms with E-state index in [1.807, 2.05) is 0 Å². The fourth-order valence-electron chi connectivity index (χ4n) is 2.58. The minimum absolute atomic E-state index is 0.0927. The van der Waals surface area contributed by atoms with Gasteiger partial charge in [-0.1, -0.05) is 43.1 Å². The standard InChI is InChI=1S/C19H19Cl2FO4/c1-9(2)17-16(23)5-4-11(18(17)22)6-13-14(20)7-12(8-15(13)21)26-10(3)19(24)25/h4-5,7-10,23H,6H2,1-3H3,(H,24,25). The molecule has 0 radical (unpaired) electrons. The van der Waals surface area contributed by atoms with Gasteiger partial charge in [0.1, 0.15) is 17.3 Å². The van der Waals surface area contributed by atoms with Gasteiger partial charge in [-0.05, 0) is 42.2 Å². The van der Waals surface area contributed by atoms with Crippen LogP contribution < -0.4 is 4.74 Å². The molecule has 2 aromatic carbocycles. The molecule has 0 heterocycles. The molecule has 140 valence electrons. The van der Waals surface area contributed by atoms with E-state index in [0.29, 0.717) is 11.1 Å². The number of benzene rings is 2. The summed E-state index contributed by atoms with van der Waals surface area (Å²) in [7, 11) is 0. The van der Waals surface area contributed by atoms with E-state index >= 15 is 0 Å². The molecule has 4 nitrogen and oxygen atoms in total. The van der Waals surface area contributed by atoms with Crippen molar-refractivity contribution in [2.45, 2.75) is 39.2 Å². The average Bonchev–Trinajstić information content (AvgIpc) is 2.52. The summed E-state index contributed by atoms with van der Waals surface area (Å²) in [5.74, 6) is -1.67. The third kappa shape index (κ3) is 4.40. The van der Waals surface area contributed by atoms with Gasteiger partial charge in [0.2, 0.25) is 0 Å². The van der Waals surface area contributed by atoms with Gasteiger partial charge < -0.3 is 14.9 Å². The molecule has 2 aromatic rings. The fraction of sp³-hybridized carbons (Fsp3) is 0.316. The maximum atomic E-state index is 14.7. The quantitative estimate of drug-likeness (QED) is 0.680. The van der Waals surface area contributed by atoms with Crippen LogP contribution in [0.2, 0.25) is 10.0 Å². The van der Waals surface area contributed by atoms with Crippen LogP contribution in [-0.2, 0) is 11.2 Å². The Bertz CT molecular complexity index is 814. The van der Waals surface area contributed by atoms with Crippen molar-refractivity contribution in [3.05, 3.63) is 56.8 Å². The molecule has 0 amide bonds. The molecule has 2 rings (SSSR count). The molecule has 0 bridgehead atoms. The summed E-state index contributed by atoms with van der Waals surface area (Å²) in [6, 6.07) is 5.83. The van der Waals surface area contributed by atoms with Gasteiger partial charge in [0.15, 0.2) is 6.10 Å². The highest BCUT2D eigenvalue weighted by molar-refractivity contribution is 6.36. The number of carbonyl (C=O) groups is 1. The lowest BCUT2D eigenvalue weighted by molar-refractivity contribution is -0.144. The molecule has 2 N–H and O–H groups in total. The van der Waals surface area contributed by atoms with Crippen molar-refractivity contribution in [2.24, 2.45) is 0 Å². The number of rotatable bonds is 6. The van der Waals surface area contributed by atoms with E-state index in [1.165, 1.54) is 31.2 Å². The first-order valence-corrected chi connectivity index (χ1v) is 8.75. The second kappa shape index (κ2) is 8.14. The highest BCUT2D eigenvalue weighted by Gasteiger charge is 2.19. The molecule has 0 saturated heterocycles. The number of aliphatic carboxylic acids is 1. The SMILES string of the molecule is CC(Oc1cc(Cl)c(Cc2ccc(O)c(C(C)C)c2F)c(Cl)c1)C(=O)O. The molecule has 1 unspecified atom stereocenters. The van der Waals surface area contributed by atoms with Crippen molar-refractivity contribution < 1.29 is 24.1 Å². The Kier molecular flexibility index (Phi) is 6.37. The lowest BCUT2D eigenvalue weighted by Crippen LogP contribution is -2.22. The van der Waals surface area contributed by atoms with Crippen molar-refractivity contribution in [3.63, 3.8) is 0 Å². The summed E-state index contributed by atoms with van der Waals surface area (Å²) in [6.07, 6.45) is -0.936. The van der Waals surface area contributed by atoms with Crippen LogP contribution in [0.15, 0.2) is 24.3 Å². The van der Waals surface area contributed by atoms with E-state index in [9.17, 15) is 14.3 Å². The van der Waals surface area contributed by atoms with Gasteiger partial charge in [-0.3, -0.25) is 0 Å². The van der Waals surface area contributed by atoms with Crippen LogP contribution in [0.4, 0.5) is 4.39 Å². The lowest BCUT2D eigenvalue weighted by atomic mass is 9.95. The van der Waals surface area contributed by atoms with Crippen LogP contribution in [0.3, 0.4) is 0 Å². The zero-order valence-electron chi connectivity index (χ0n) is 14.5. The predicted octanol–water partition coefficient (Wildman–Crippen LogP) is 5.40. The Labute approximate surface area is 161 Å². The normalized spacial score (nSPS) is 12.3. The van der Waals surface area contributed by atoms with E-state index in [2.05, 4.69) is 0 Å². The van der Waals surface area contributed by atoms with Crippen LogP contribution in [-0.4, -0.2) is 22.3 Å². The van der Waals surface area contributed by atoms with E-state index in [-0.39, 0.29) is 39.4 Å². The first kappa shape index (κ1) is 20.3. The number of carboxylic acid groups (broad SMARTS) is 1. The molecule has 0 fully saturated rings. The van der Waals surface area contributed by atoms with Crippen LogP contribution in [0.5, 0.6) is 11.5 Å². The molecule has 0 aliphatic rings. The monoisotopic (exact) mass is 400 g/mol. The van der Waals surface area contributed by atoms with Crippen LogP contribution >= 0.6 is 23.2 Å². The summed E-state index contributed by atoms with van der Waals surface area (Å²) in [6.45, 7) is 4.96. The van der Waals surface area contributed by atoms with Crippen molar-refractivity contribution in [2.75, 3.05) is 0 Å². The summed E-state index contributed by atoms with van der Waals surface area (Å²) in [5.41, 5.74) is 1.08. The Balaban J connectivity index is 2.37. The van der Waals surface area contributed by atoms with Gasteiger partial charge in [0.05, 0.1) is 0 Å². The summed E-state index contributed by atoms with van der Waals surface area (Å²) in [4.78, 5) is 10.9. The van der Waals surface area contributed by atoms with Crippen LogP contribution in [0, 0.1) is 5.82 Å². The first-order chi connectivity index (χ1) is 12.1. The molecular formula is C19H19Cl2FO4. The highest BCUT2D eigenvalue weighted by atomic mass is 35.5. The van der Waals surface area contributed by atoms with Gasteiger partial charge in [-0.15, -0.1) is 0 Å². The minimum Gasteiger partial charge on any atom is -0.508 e. The van der Waals surface area contributed by atoms with E-state index in [1.54, 1.807) is 13.8 Å². The zero-order valence-corrected chi connectivity index (χ0v) is 16.0. The molecule has 0 aromatic heterocycles. The van der Waals surface area contributed by atoms with Crippen molar-refractivity contribution in [3.8, 4) is 11.5 Å². The lowest BCUT2D eigenvalue weighted by Gasteiger charge is -2.16. The number of aromatic hydroxyl groups is 1. The van der Waals surface area contributed by atoms with Crippen LogP contribution in [0.1, 0.15) is 43.4 Å². The Hall–Kier alpha value is -1.98. The second-order valence-electron chi connectivity index (χ2n) is 6.27. The van der Waals surface area contributed by atoms with Gasteiger partial charge in [-0.2, -0.15) is 0 Å². The second-order valence-corrected chi connectivity index (χ2v) is 7.08. The molecule has 1 atom stereocenters. The summed E-state index contributed by atoms with van der Waals surface area (Å²) in [5, 5.41) is 19.3. The molecule has 0 spiro atoms. The van der Waals surface area contributed by atoms with Gasteiger partial charge in [-0.25, -0.2) is 9.18 Å². The van der Waals surface area contributed by atoms with E-state index in [4.69, 9.17) is 33.0 Å². The van der Waals surface area contributed by atoms with Crippen molar-refractivity contribution in [1.29, 1.82) is 0 Å². The smallest absolute Gasteiger partial charge is 0.344 e. The predicted molar refractivity (Wildman–Crippen MR) is 99.1 cm³/mol.